The Morgan fingerprint density at radius 1 is 1.29 bits per heavy atom. The number of rotatable bonds is 5. The monoisotopic (exact) mass is 358 g/mol. The summed E-state index contributed by atoms with van der Waals surface area (Å²) in [5, 5.41) is 3.83. The maximum atomic E-state index is 12.1. The van der Waals surface area contributed by atoms with Crippen molar-refractivity contribution in [1.82, 2.24) is 4.98 Å². The number of guanidine groups is 1. The van der Waals surface area contributed by atoms with E-state index in [0.29, 0.717) is 12.2 Å². The van der Waals surface area contributed by atoms with E-state index in [2.05, 4.69) is 20.0 Å². The zero-order valence-corrected chi connectivity index (χ0v) is 14.0. The van der Waals surface area contributed by atoms with Crippen LogP contribution in [0.4, 0.5) is 18.9 Å². The largest absolute Gasteiger partial charge is 0.573 e. The van der Waals surface area contributed by atoms with Gasteiger partial charge in [-0.25, -0.2) is 4.98 Å². The molecule has 5 nitrogen and oxygen atoms in total. The molecule has 0 unspecified atom stereocenters. The predicted molar refractivity (Wildman–Crippen MR) is 88.5 cm³/mol. The summed E-state index contributed by atoms with van der Waals surface area (Å²) in [5.74, 6) is -0.0991. The van der Waals surface area contributed by atoms with Gasteiger partial charge in [0.1, 0.15) is 5.75 Å². The molecule has 1 aromatic carbocycles. The number of halogens is 3. The van der Waals surface area contributed by atoms with Crippen molar-refractivity contribution < 1.29 is 17.9 Å². The predicted octanol–water partition coefficient (Wildman–Crippen LogP) is 3.63. The Labute approximate surface area is 141 Å². The highest BCUT2D eigenvalue weighted by molar-refractivity contribution is 7.11. The summed E-state index contributed by atoms with van der Waals surface area (Å²) in [6.45, 7) is 4.40. The van der Waals surface area contributed by atoms with Crippen molar-refractivity contribution in [2.24, 2.45) is 10.7 Å². The van der Waals surface area contributed by atoms with Gasteiger partial charge in [-0.2, -0.15) is 0 Å². The highest BCUT2D eigenvalue weighted by atomic mass is 32.1. The first-order chi connectivity index (χ1) is 11.2. The fourth-order valence-corrected chi connectivity index (χ4v) is 2.94. The standard InChI is InChI=1S/C15H17F3N4OS/c1-9-13(24-10(2)21-9)7-8-20-14(19)22-11-3-5-12(6-4-11)23-15(16,17)18/h3-6H,7-8H2,1-2H3,(H3,19,20,22). The molecule has 0 radical (unpaired) electrons. The highest BCUT2D eigenvalue weighted by Gasteiger charge is 2.30. The van der Waals surface area contributed by atoms with Gasteiger partial charge in [-0.3, -0.25) is 4.99 Å². The van der Waals surface area contributed by atoms with E-state index < -0.39 is 6.36 Å². The number of thiazole rings is 1. The molecule has 2 rings (SSSR count). The van der Waals surface area contributed by atoms with Gasteiger partial charge < -0.3 is 15.8 Å². The molecule has 0 aliphatic heterocycles. The minimum atomic E-state index is -4.71. The zero-order valence-electron chi connectivity index (χ0n) is 13.1. The van der Waals surface area contributed by atoms with Gasteiger partial charge in [0.2, 0.25) is 0 Å². The number of aryl methyl sites for hydroxylation is 2. The van der Waals surface area contributed by atoms with Crippen LogP contribution in [0.1, 0.15) is 15.6 Å². The number of anilines is 1. The Bertz CT molecular complexity index is 710. The van der Waals surface area contributed by atoms with Crippen LogP contribution in [0, 0.1) is 13.8 Å². The number of nitrogens with two attached hydrogens (primary N) is 1. The number of hydrogen-bond acceptors (Lipinski definition) is 4. The molecule has 0 aliphatic rings. The van der Waals surface area contributed by atoms with Gasteiger partial charge in [-0.15, -0.1) is 24.5 Å². The summed E-state index contributed by atoms with van der Waals surface area (Å²) < 4.78 is 40.0. The number of aliphatic imine (C=N–C) groups is 1. The number of nitrogens with one attached hydrogen (secondary N) is 1. The first-order valence-electron chi connectivity index (χ1n) is 7.08. The van der Waals surface area contributed by atoms with Crippen LogP contribution in [0.3, 0.4) is 0 Å². The SMILES string of the molecule is Cc1nc(C)c(CCN=C(N)Nc2ccc(OC(F)(F)F)cc2)s1. The van der Waals surface area contributed by atoms with Crippen LogP contribution in [-0.2, 0) is 6.42 Å². The lowest BCUT2D eigenvalue weighted by Gasteiger charge is -2.10. The molecule has 1 heterocycles. The Balaban J connectivity index is 1.87. The Kier molecular flexibility index (Phi) is 5.66. The van der Waals surface area contributed by atoms with Crippen LogP contribution in [0.25, 0.3) is 0 Å². The summed E-state index contributed by atoms with van der Waals surface area (Å²) in [4.78, 5) is 9.70. The Morgan fingerprint density at radius 3 is 2.50 bits per heavy atom. The third-order valence-corrected chi connectivity index (χ3v) is 4.11. The van der Waals surface area contributed by atoms with Crippen molar-refractivity contribution in [2.75, 3.05) is 11.9 Å². The van der Waals surface area contributed by atoms with Crippen LogP contribution in [0.15, 0.2) is 29.3 Å². The molecule has 0 atom stereocenters. The molecule has 0 saturated carbocycles. The van der Waals surface area contributed by atoms with Gasteiger partial charge in [0, 0.05) is 23.5 Å². The molecule has 3 N–H and O–H groups in total. The molecular formula is C15H17F3N4OS. The number of benzene rings is 1. The Morgan fingerprint density at radius 2 is 1.96 bits per heavy atom. The van der Waals surface area contributed by atoms with Crippen molar-refractivity contribution >= 4 is 23.0 Å². The lowest BCUT2D eigenvalue weighted by molar-refractivity contribution is -0.274. The van der Waals surface area contributed by atoms with Crippen LogP contribution in [-0.4, -0.2) is 23.9 Å². The summed E-state index contributed by atoms with van der Waals surface area (Å²) in [6, 6.07) is 5.26. The van der Waals surface area contributed by atoms with Crippen molar-refractivity contribution in [2.45, 2.75) is 26.6 Å². The van der Waals surface area contributed by atoms with Gasteiger partial charge in [-0.1, -0.05) is 0 Å². The number of alkyl halides is 3. The third-order valence-electron chi connectivity index (χ3n) is 2.98. The van der Waals surface area contributed by atoms with Crippen LogP contribution < -0.4 is 15.8 Å². The minimum Gasteiger partial charge on any atom is -0.406 e. The van der Waals surface area contributed by atoms with Gasteiger partial charge in [-0.05, 0) is 38.1 Å². The average Bonchev–Trinajstić information content (AvgIpc) is 2.78. The second kappa shape index (κ2) is 7.52. The molecule has 0 fully saturated rings. The van der Waals surface area contributed by atoms with E-state index in [1.54, 1.807) is 11.3 Å². The number of nitrogens with zero attached hydrogens (tertiary/aromatic N) is 2. The van der Waals surface area contributed by atoms with E-state index in [9.17, 15) is 13.2 Å². The maximum absolute atomic E-state index is 12.1. The van der Waals surface area contributed by atoms with Crippen LogP contribution in [0.5, 0.6) is 5.75 Å². The Hall–Kier alpha value is -2.29. The highest BCUT2D eigenvalue weighted by Crippen LogP contribution is 2.23. The molecule has 0 spiro atoms. The molecule has 130 valence electrons. The van der Waals surface area contributed by atoms with E-state index in [-0.39, 0.29) is 11.7 Å². The van der Waals surface area contributed by atoms with E-state index >= 15 is 0 Å². The zero-order chi connectivity index (χ0) is 17.7. The summed E-state index contributed by atoms with van der Waals surface area (Å²) in [7, 11) is 0. The lowest BCUT2D eigenvalue weighted by Crippen LogP contribution is -2.23. The molecule has 0 aliphatic carbocycles. The summed E-state index contributed by atoms with van der Waals surface area (Å²) >= 11 is 1.63. The summed E-state index contributed by atoms with van der Waals surface area (Å²) in [5.41, 5.74) is 7.29. The first kappa shape index (κ1) is 18.1. The number of aromatic nitrogens is 1. The molecule has 9 heteroatoms. The normalized spacial score (nSPS) is 12.3. The topological polar surface area (TPSA) is 72.5 Å². The molecule has 1 aromatic heterocycles. The maximum Gasteiger partial charge on any atom is 0.573 e. The smallest absolute Gasteiger partial charge is 0.406 e. The second-order valence-electron chi connectivity index (χ2n) is 4.96. The first-order valence-corrected chi connectivity index (χ1v) is 7.90. The van der Waals surface area contributed by atoms with E-state index in [1.165, 1.54) is 24.3 Å². The fourth-order valence-electron chi connectivity index (χ4n) is 2.01. The fraction of sp³-hybridized carbons (Fsp3) is 0.333. The van der Waals surface area contributed by atoms with E-state index in [4.69, 9.17) is 5.73 Å². The van der Waals surface area contributed by atoms with Gasteiger partial charge in [0.15, 0.2) is 5.96 Å². The van der Waals surface area contributed by atoms with Crippen molar-refractivity contribution in [3.05, 3.63) is 39.8 Å². The van der Waals surface area contributed by atoms with Crippen molar-refractivity contribution in [1.29, 1.82) is 0 Å². The molecule has 0 amide bonds. The third kappa shape index (κ3) is 5.73. The number of ether oxygens (including phenoxy) is 1. The average molecular weight is 358 g/mol. The molecule has 0 saturated heterocycles. The lowest BCUT2D eigenvalue weighted by atomic mass is 10.3. The molecule has 2 aromatic rings. The quantitative estimate of drug-likeness (QED) is 0.632. The van der Waals surface area contributed by atoms with Crippen LogP contribution >= 0.6 is 11.3 Å². The molecular weight excluding hydrogens is 341 g/mol. The van der Waals surface area contributed by atoms with Gasteiger partial charge in [0.05, 0.1) is 10.7 Å². The van der Waals surface area contributed by atoms with Crippen molar-refractivity contribution in [3.63, 3.8) is 0 Å². The van der Waals surface area contributed by atoms with Crippen molar-refractivity contribution in [3.8, 4) is 5.75 Å². The summed E-state index contributed by atoms with van der Waals surface area (Å²) in [6.07, 6.45) is -3.97. The molecule has 0 bridgehead atoms. The van der Waals surface area contributed by atoms with E-state index in [0.717, 1.165) is 22.0 Å². The minimum absolute atomic E-state index is 0.193. The molecule has 24 heavy (non-hydrogen) atoms. The van der Waals surface area contributed by atoms with Gasteiger partial charge in [0.25, 0.3) is 0 Å². The number of hydrogen-bond donors (Lipinski definition) is 2. The second-order valence-corrected chi connectivity index (χ2v) is 6.24. The van der Waals surface area contributed by atoms with Gasteiger partial charge >= 0.3 is 6.36 Å². The van der Waals surface area contributed by atoms with Crippen LogP contribution in [0.2, 0.25) is 0 Å². The van der Waals surface area contributed by atoms with E-state index in [1.807, 2.05) is 13.8 Å².